The van der Waals surface area contributed by atoms with Crippen molar-refractivity contribution < 1.29 is 14.7 Å². The van der Waals surface area contributed by atoms with E-state index in [-0.39, 0.29) is 6.42 Å². The number of carbonyl (C=O) groups excluding carboxylic acids is 1. The third kappa shape index (κ3) is 4.33. The molecule has 0 saturated heterocycles. The van der Waals surface area contributed by atoms with E-state index in [9.17, 15) is 14.7 Å². The highest BCUT2D eigenvalue weighted by Crippen LogP contribution is 2.19. The molecular formula is C24H19N3O3. The van der Waals surface area contributed by atoms with Crippen LogP contribution < -0.4 is 5.32 Å². The Labute approximate surface area is 173 Å². The minimum Gasteiger partial charge on any atom is -0.480 e. The Hall–Kier alpha value is -4.06. The van der Waals surface area contributed by atoms with E-state index in [1.54, 1.807) is 18.3 Å². The summed E-state index contributed by atoms with van der Waals surface area (Å²) in [6, 6.07) is 23.1. The number of aliphatic carboxylic acids is 1. The van der Waals surface area contributed by atoms with Crippen LogP contribution in [0.1, 0.15) is 16.1 Å². The summed E-state index contributed by atoms with van der Waals surface area (Å²) in [5.74, 6) is -1.57. The fourth-order valence-corrected chi connectivity index (χ4v) is 3.19. The smallest absolute Gasteiger partial charge is 0.326 e. The number of aromatic nitrogens is 2. The highest BCUT2D eigenvalue weighted by Gasteiger charge is 2.22. The SMILES string of the molecule is O=C(N[C@H](Cc1cnc2ccccc2n1)C(=O)O)c1ccc(-c2ccccc2)cc1. The van der Waals surface area contributed by atoms with Gasteiger partial charge in [0, 0.05) is 18.2 Å². The van der Waals surface area contributed by atoms with Gasteiger partial charge in [-0.25, -0.2) is 9.78 Å². The highest BCUT2D eigenvalue weighted by atomic mass is 16.4. The number of rotatable bonds is 6. The van der Waals surface area contributed by atoms with Gasteiger partial charge in [0.2, 0.25) is 0 Å². The third-order valence-corrected chi connectivity index (χ3v) is 4.77. The van der Waals surface area contributed by atoms with E-state index < -0.39 is 17.9 Å². The molecule has 0 aliphatic heterocycles. The lowest BCUT2D eigenvalue weighted by molar-refractivity contribution is -0.139. The van der Waals surface area contributed by atoms with Crippen LogP contribution in [0.2, 0.25) is 0 Å². The molecule has 1 aromatic heterocycles. The Morgan fingerprint density at radius 3 is 2.17 bits per heavy atom. The molecule has 0 aliphatic rings. The molecule has 2 N–H and O–H groups in total. The zero-order valence-corrected chi connectivity index (χ0v) is 16.0. The topological polar surface area (TPSA) is 92.2 Å². The molecule has 1 heterocycles. The lowest BCUT2D eigenvalue weighted by atomic mass is 10.0. The van der Waals surface area contributed by atoms with Gasteiger partial charge >= 0.3 is 5.97 Å². The van der Waals surface area contributed by atoms with Crippen LogP contribution in [0.4, 0.5) is 0 Å². The number of hydrogen-bond donors (Lipinski definition) is 2. The average molecular weight is 397 g/mol. The largest absolute Gasteiger partial charge is 0.480 e. The van der Waals surface area contributed by atoms with Crippen LogP contribution >= 0.6 is 0 Å². The Kier molecular flexibility index (Phi) is 5.48. The van der Waals surface area contributed by atoms with Crippen molar-refractivity contribution in [2.45, 2.75) is 12.5 Å². The monoisotopic (exact) mass is 397 g/mol. The molecule has 1 amide bonds. The molecule has 6 heteroatoms. The standard InChI is InChI=1S/C24H19N3O3/c28-23(18-12-10-17(11-13-18)16-6-2-1-3-7-16)27-22(24(29)30)14-19-15-25-20-8-4-5-9-21(20)26-19/h1-13,15,22H,14H2,(H,27,28)(H,29,30)/t22-/m1/s1. The summed E-state index contributed by atoms with van der Waals surface area (Å²) >= 11 is 0. The fourth-order valence-electron chi connectivity index (χ4n) is 3.19. The van der Waals surface area contributed by atoms with Crippen molar-refractivity contribution in [1.29, 1.82) is 0 Å². The molecule has 3 aromatic carbocycles. The van der Waals surface area contributed by atoms with E-state index in [4.69, 9.17) is 0 Å². The first kappa shape index (κ1) is 19.3. The van der Waals surface area contributed by atoms with Gasteiger partial charge in [-0.1, -0.05) is 54.6 Å². The van der Waals surface area contributed by atoms with Gasteiger partial charge in [-0.05, 0) is 35.4 Å². The second-order valence-corrected chi connectivity index (χ2v) is 6.86. The molecule has 4 aromatic rings. The zero-order chi connectivity index (χ0) is 20.9. The van der Waals surface area contributed by atoms with Gasteiger partial charge in [-0.15, -0.1) is 0 Å². The number of nitrogens with one attached hydrogen (secondary N) is 1. The van der Waals surface area contributed by atoms with Crippen LogP contribution in [-0.4, -0.2) is 33.0 Å². The zero-order valence-electron chi connectivity index (χ0n) is 16.0. The number of carboxylic acids is 1. The van der Waals surface area contributed by atoms with Crippen molar-refractivity contribution in [3.05, 3.63) is 96.3 Å². The number of nitrogens with zero attached hydrogens (tertiary/aromatic N) is 2. The van der Waals surface area contributed by atoms with Crippen LogP contribution in [0, 0.1) is 0 Å². The molecule has 0 fully saturated rings. The van der Waals surface area contributed by atoms with Gasteiger partial charge in [0.1, 0.15) is 6.04 Å². The summed E-state index contributed by atoms with van der Waals surface area (Å²) in [4.78, 5) is 33.1. The van der Waals surface area contributed by atoms with Crippen LogP contribution in [0.3, 0.4) is 0 Å². The minimum absolute atomic E-state index is 0.0427. The van der Waals surface area contributed by atoms with Crippen LogP contribution in [-0.2, 0) is 11.2 Å². The lowest BCUT2D eigenvalue weighted by Gasteiger charge is -2.14. The van der Waals surface area contributed by atoms with Gasteiger partial charge in [-0.2, -0.15) is 0 Å². The van der Waals surface area contributed by atoms with E-state index >= 15 is 0 Å². The number of para-hydroxylation sites is 2. The first-order valence-electron chi connectivity index (χ1n) is 9.50. The number of hydrogen-bond acceptors (Lipinski definition) is 4. The Balaban J connectivity index is 1.48. The average Bonchev–Trinajstić information content (AvgIpc) is 2.79. The van der Waals surface area contributed by atoms with Crippen molar-refractivity contribution in [3.63, 3.8) is 0 Å². The summed E-state index contributed by atoms with van der Waals surface area (Å²) in [7, 11) is 0. The van der Waals surface area contributed by atoms with Crippen molar-refractivity contribution in [2.75, 3.05) is 0 Å². The molecule has 30 heavy (non-hydrogen) atoms. The maximum atomic E-state index is 12.6. The Bertz CT molecular complexity index is 1190. The van der Waals surface area contributed by atoms with E-state index in [1.165, 1.54) is 0 Å². The minimum atomic E-state index is -1.13. The van der Waals surface area contributed by atoms with E-state index in [0.29, 0.717) is 16.8 Å². The van der Waals surface area contributed by atoms with Crippen LogP contribution in [0.25, 0.3) is 22.2 Å². The van der Waals surface area contributed by atoms with Crippen LogP contribution in [0.15, 0.2) is 85.1 Å². The van der Waals surface area contributed by atoms with Gasteiger partial charge in [0.05, 0.1) is 16.7 Å². The number of fused-ring (bicyclic) bond motifs is 1. The second kappa shape index (κ2) is 8.53. The molecule has 0 spiro atoms. The molecule has 0 unspecified atom stereocenters. The van der Waals surface area contributed by atoms with Gasteiger partial charge in [0.25, 0.3) is 5.91 Å². The summed E-state index contributed by atoms with van der Waals surface area (Å²) in [5, 5.41) is 12.2. The maximum absolute atomic E-state index is 12.6. The van der Waals surface area contributed by atoms with Gasteiger partial charge < -0.3 is 10.4 Å². The van der Waals surface area contributed by atoms with E-state index in [1.807, 2.05) is 66.7 Å². The molecule has 4 rings (SSSR count). The normalized spacial score (nSPS) is 11.7. The highest BCUT2D eigenvalue weighted by molar-refractivity contribution is 5.97. The molecule has 0 radical (unpaired) electrons. The number of carboxylic acid groups (broad SMARTS) is 1. The van der Waals surface area contributed by atoms with Crippen molar-refractivity contribution in [3.8, 4) is 11.1 Å². The summed E-state index contributed by atoms with van der Waals surface area (Å²) in [6.07, 6.45) is 1.58. The Morgan fingerprint density at radius 1 is 0.833 bits per heavy atom. The first-order valence-corrected chi connectivity index (χ1v) is 9.50. The van der Waals surface area contributed by atoms with Gasteiger partial charge in [0.15, 0.2) is 0 Å². The summed E-state index contributed by atoms with van der Waals surface area (Å²) in [6.45, 7) is 0. The Morgan fingerprint density at radius 2 is 1.47 bits per heavy atom. The maximum Gasteiger partial charge on any atom is 0.326 e. The van der Waals surface area contributed by atoms with E-state index in [2.05, 4.69) is 15.3 Å². The summed E-state index contributed by atoms with van der Waals surface area (Å²) < 4.78 is 0. The fraction of sp³-hybridized carbons (Fsp3) is 0.0833. The quantitative estimate of drug-likeness (QED) is 0.517. The van der Waals surface area contributed by atoms with Crippen molar-refractivity contribution in [2.24, 2.45) is 0 Å². The first-order chi connectivity index (χ1) is 14.6. The molecule has 148 valence electrons. The van der Waals surface area contributed by atoms with Crippen molar-refractivity contribution >= 4 is 22.9 Å². The molecular weight excluding hydrogens is 378 g/mol. The predicted octanol–water partition coefficient (Wildman–Crippen LogP) is 3.72. The van der Waals surface area contributed by atoms with E-state index in [0.717, 1.165) is 16.6 Å². The molecule has 0 aliphatic carbocycles. The number of amides is 1. The number of carbonyl (C=O) groups is 2. The predicted molar refractivity (Wildman–Crippen MR) is 114 cm³/mol. The van der Waals surface area contributed by atoms with Crippen LogP contribution in [0.5, 0.6) is 0 Å². The lowest BCUT2D eigenvalue weighted by Crippen LogP contribution is -2.42. The number of benzene rings is 3. The summed E-state index contributed by atoms with van der Waals surface area (Å²) in [5.41, 5.74) is 4.33. The van der Waals surface area contributed by atoms with Gasteiger partial charge in [-0.3, -0.25) is 9.78 Å². The van der Waals surface area contributed by atoms with Crippen molar-refractivity contribution in [1.82, 2.24) is 15.3 Å². The molecule has 0 bridgehead atoms. The third-order valence-electron chi connectivity index (χ3n) is 4.77. The molecule has 0 saturated carbocycles. The molecule has 6 nitrogen and oxygen atoms in total. The second-order valence-electron chi connectivity index (χ2n) is 6.86. The molecule has 1 atom stereocenters.